The number of thioether (sulfide) groups is 1. The number of fused-ring (bicyclic) bond motifs is 1. The molecule has 3 aliphatic heterocycles. The van der Waals surface area contributed by atoms with Crippen LogP contribution in [0.15, 0.2) is 48.5 Å². The van der Waals surface area contributed by atoms with Gasteiger partial charge in [-0.3, -0.25) is 14.4 Å². The minimum absolute atomic E-state index is 0.0320. The summed E-state index contributed by atoms with van der Waals surface area (Å²) in [7, 11) is 1.57. The molecule has 3 fully saturated rings. The molecule has 2 aromatic rings. The number of alkyl halides is 1. The Morgan fingerprint density at radius 1 is 1.22 bits per heavy atom. The minimum Gasteiger partial charge on any atom is -0.394 e. The van der Waals surface area contributed by atoms with Crippen molar-refractivity contribution in [1.29, 1.82) is 0 Å². The Bertz CT molecular complexity index is 1200. The highest BCUT2D eigenvalue weighted by atomic mass is 79.9. The van der Waals surface area contributed by atoms with Gasteiger partial charge in [0.15, 0.2) is 0 Å². The zero-order valence-corrected chi connectivity index (χ0v) is 22.9. The molecule has 3 unspecified atom stereocenters. The molecule has 7 atom stereocenters. The number of aliphatic hydroxyl groups is 1. The molecule has 3 N–H and O–H groups in total. The second-order valence-corrected chi connectivity index (χ2v) is 12.7. The minimum atomic E-state index is -0.910. The lowest BCUT2D eigenvalue weighted by molar-refractivity contribution is -0.142. The first-order valence-corrected chi connectivity index (χ1v) is 14.0. The van der Waals surface area contributed by atoms with E-state index >= 15 is 0 Å². The molecular weight excluding hydrogens is 566 g/mol. The first kappa shape index (κ1) is 25.6. The van der Waals surface area contributed by atoms with Gasteiger partial charge in [-0.05, 0) is 30.5 Å². The van der Waals surface area contributed by atoms with Gasteiger partial charge >= 0.3 is 0 Å². The van der Waals surface area contributed by atoms with Crippen molar-refractivity contribution < 1.29 is 19.5 Å². The average Bonchev–Trinajstić information content (AvgIpc) is 3.46. The monoisotopic (exact) mass is 591 g/mol. The number of carbonyl (C=O) groups is 3. The first-order chi connectivity index (χ1) is 17.2. The molecule has 3 amide bonds. The highest BCUT2D eigenvalue weighted by Gasteiger charge is 2.76. The predicted octanol–water partition coefficient (Wildman–Crippen LogP) is 3.53. The topological polar surface area (TPSA) is 98.7 Å². The van der Waals surface area contributed by atoms with E-state index in [-0.39, 0.29) is 34.4 Å². The van der Waals surface area contributed by atoms with Crippen LogP contribution in [0.3, 0.4) is 0 Å². The molecule has 2 aromatic carbocycles. The third-order valence-corrected chi connectivity index (χ3v) is 11.2. The Kier molecular flexibility index (Phi) is 6.87. The quantitative estimate of drug-likeness (QED) is 0.446. The van der Waals surface area contributed by atoms with Crippen LogP contribution < -0.4 is 10.6 Å². The highest BCUT2D eigenvalue weighted by Crippen LogP contribution is 2.68. The molecule has 7 nitrogen and oxygen atoms in total. The van der Waals surface area contributed by atoms with Crippen molar-refractivity contribution in [3.63, 3.8) is 0 Å². The molecule has 3 heterocycles. The molecular formula is C26H27BrClN3O4S. The highest BCUT2D eigenvalue weighted by molar-refractivity contribution is 9.09. The molecule has 0 aromatic heterocycles. The lowest BCUT2D eigenvalue weighted by Crippen LogP contribution is -2.53. The van der Waals surface area contributed by atoms with Crippen LogP contribution in [0.5, 0.6) is 0 Å². The molecule has 1 spiro atoms. The molecule has 0 radical (unpaired) electrons. The number of likely N-dealkylation sites (tertiary alicyclic amines) is 1. The molecule has 190 valence electrons. The van der Waals surface area contributed by atoms with Gasteiger partial charge in [-0.15, -0.1) is 11.8 Å². The lowest BCUT2D eigenvalue weighted by Gasteiger charge is -2.37. The number of rotatable bonds is 6. The van der Waals surface area contributed by atoms with Crippen molar-refractivity contribution in [2.24, 2.45) is 11.8 Å². The SMILES string of the molecule is CNC(=O)[C@H]1[C@@H]2SC3(CC2Br)C(C(=O)Nc2c(C)cccc2Cl)N([C@H](CO)c2ccccc2)C(=O)[C@H]13. The fourth-order valence-electron chi connectivity index (χ4n) is 6.18. The number of hydrogen-bond acceptors (Lipinski definition) is 5. The number of para-hydroxylation sites is 1. The van der Waals surface area contributed by atoms with E-state index in [1.807, 2.05) is 49.4 Å². The standard InChI is InChI=1S/C26H27BrClN3O4S/c1-13-7-6-10-16(28)20(13)30-24(34)22-26-11-15(27)21(36-26)18(23(33)29-2)19(26)25(35)31(22)17(12-32)14-8-4-3-5-9-14/h3-10,15,17-19,21-22,32H,11-12H2,1-2H3,(H,29,33)(H,30,34)/t15?,17-,18-,19+,21-,22?,26?/m1/s1. The van der Waals surface area contributed by atoms with E-state index in [0.717, 1.165) is 11.1 Å². The number of amides is 3. The second-order valence-electron chi connectivity index (χ2n) is 9.55. The normalized spacial score (nSPS) is 31.3. The molecule has 0 saturated carbocycles. The summed E-state index contributed by atoms with van der Waals surface area (Å²) >= 11 is 11.7. The number of aryl methyl sites for hydroxylation is 1. The van der Waals surface area contributed by atoms with Gasteiger partial charge in [0, 0.05) is 17.1 Å². The summed E-state index contributed by atoms with van der Waals surface area (Å²) in [5.41, 5.74) is 2.02. The van der Waals surface area contributed by atoms with Crippen LogP contribution in [0.4, 0.5) is 5.69 Å². The Morgan fingerprint density at radius 3 is 2.58 bits per heavy atom. The van der Waals surface area contributed by atoms with Crippen molar-refractivity contribution >= 4 is 62.7 Å². The van der Waals surface area contributed by atoms with Gasteiger partial charge in [0.2, 0.25) is 17.7 Å². The summed E-state index contributed by atoms with van der Waals surface area (Å²) < 4.78 is -0.825. The number of aliphatic hydroxyl groups excluding tert-OH is 1. The largest absolute Gasteiger partial charge is 0.394 e. The van der Waals surface area contributed by atoms with E-state index in [0.29, 0.717) is 17.1 Å². The Balaban J connectivity index is 1.63. The van der Waals surface area contributed by atoms with Crippen LogP contribution >= 0.6 is 39.3 Å². The van der Waals surface area contributed by atoms with E-state index < -0.39 is 28.7 Å². The number of nitrogens with zero attached hydrogens (tertiary/aromatic N) is 1. The molecule has 10 heteroatoms. The van der Waals surface area contributed by atoms with Crippen LogP contribution in [-0.2, 0) is 14.4 Å². The summed E-state index contributed by atoms with van der Waals surface area (Å²) in [6.45, 7) is 1.50. The van der Waals surface area contributed by atoms with Crippen LogP contribution in [0.2, 0.25) is 5.02 Å². The van der Waals surface area contributed by atoms with Crippen LogP contribution in [0, 0.1) is 18.8 Å². The zero-order valence-electron chi connectivity index (χ0n) is 19.8. The van der Waals surface area contributed by atoms with E-state index in [9.17, 15) is 19.5 Å². The van der Waals surface area contributed by atoms with E-state index in [2.05, 4.69) is 26.6 Å². The predicted molar refractivity (Wildman–Crippen MR) is 144 cm³/mol. The van der Waals surface area contributed by atoms with Crippen molar-refractivity contribution in [3.05, 3.63) is 64.7 Å². The molecule has 5 rings (SSSR count). The van der Waals surface area contributed by atoms with Crippen LogP contribution in [0.1, 0.15) is 23.6 Å². The lowest BCUT2D eigenvalue weighted by atomic mass is 9.70. The van der Waals surface area contributed by atoms with Crippen molar-refractivity contribution in [2.75, 3.05) is 19.0 Å². The van der Waals surface area contributed by atoms with Gasteiger partial charge in [0.1, 0.15) is 6.04 Å². The summed E-state index contributed by atoms with van der Waals surface area (Å²) in [6, 6.07) is 12.9. The Hall–Kier alpha value is -2.07. The van der Waals surface area contributed by atoms with E-state index in [1.165, 1.54) is 4.90 Å². The van der Waals surface area contributed by atoms with Gasteiger partial charge in [0.25, 0.3) is 0 Å². The zero-order chi connectivity index (χ0) is 25.8. The third kappa shape index (κ3) is 3.78. The number of hydrogen-bond donors (Lipinski definition) is 3. The van der Waals surface area contributed by atoms with Gasteiger partial charge in [-0.2, -0.15) is 0 Å². The number of nitrogens with one attached hydrogen (secondary N) is 2. The smallest absolute Gasteiger partial charge is 0.248 e. The Morgan fingerprint density at radius 2 is 1.94 bits per heavy atom. The first-order valence-electron chi connectivity index (χ1n) is 11.8. The number of benzene rings is 2. The number of halogens is 2. The van der Waals surface area contributed by atoms with E-state index in [4.69, 9.17) is 11.6 Å². The van der Waals surface area contributed by atoms with Crippen LogP contribution in [-0.4, -0.2) is 62.2 Å². The fraction of sp³-hybridized carbons (Fsp3) is 0.423. The third-order valence-electron chi connectivity index (χ3n) is 7.69. The molecule has 36 heavy (non-hydrogen) atoms. The second kappa shape index (κ2) is 9.67. The molecule has 3 saturated heterocycles. The average molecular weight is 593 g/mol. The van der Waals surface area contributed by atoms with Gasteiger partial charge in [-0.1, -0.05) is 70.0 Å². The van der Waals surface area contributed by atoms with Crippen molar-refractivity contribution in [2.45, 2.75) is 40.3 Å². The maximum Gasteiger partial charge on any atom is 0.248 e. The number of carbonyl (C=O) groups excluding carboxylic acids is 3. The van der Waals surface area contributed by atoms with Gasteiger partial charge in [-0.25, -0.2) is 0 Å². The number of anilines is 1. The maximum atomic E-state index is 14.2. The molecule has 0 aliphatic carbocycles. The maximum absolute atomic E-state index is 14.2. The summed E-state index contributed by atoms with van der Waals surface area (Å²) in [5, 5.41) is 16.5. The van der Waals surface area contributed by atoms with Crippen molar-refractivity contribution in [3.8, 4) is 0 Å². The molecule has 2 bridgehead atoms. The fourth-order valence-corrected chi connectivity index (χ4v) is 10.0. The Labute approximate surface area is 227 Å². The summed E-state index contributed by atoms with van der Waals surface area (Å²) in [4.78, 5) is 42.8. The van der Waals surface area contributed by atoms with Crippen molar-refractivity contribution in [1.82, 2.24) is 10.2 Å². The summed E-state index contributed by atoms with van der Waals surface area (Å²) in [6.07, 6.45) is 0.551. The van der Waals surface area contributed by atoms with E-state index in [1.54, 1.807) is 24.9 Å². The summed E-state index contributed by atoms with van der Waals surface area (Å²) in [5.74, 6) is -2.12. The van der Waals surface area contributed by atoms with Gasteiger partial charge in [0.05, 0.1) is 39.9 Å². The van der Waals surface area contributed by atoms with Gasteiger partial charge < -0.3 is 20.6 Å². The van der Waals surface area contributed by atoms with Crippen LogP contribution in [0.25, 0.3) is 0 Å². The molecule has 3 aliphatic rings.